The summed E-state index contributed by atoms with van der Waals surface area (Å²) in [6.45, 7) is 1.85. The maximum absolute atomic E-state index is 12.4. The fourth-order valence-electron chi connectivity index (χ4n) is 1.86. The summed E-state index contributed by atoms with van der Waals surface area (Å²) in [7, 11) is -2.44. The van der Waals surface area contributed by atoms with Crippen molar-refractivity contribution in [1.29, 1.82) is 0 Å². The van der Waals surface area contributed by atoms with Crippen molar-refractivity contribution in [2.45, 2.75) is 17.9 Å². The molecule has 0 radical (unpaired) electrons. The molecule has 0 saturated carbocycles. The second-order valence-corrected chi connectivity index (χ2v) is 7.25. The van der Waals surface area contributed by atoms with Crippen molar-refractivity contribution in [2.24, 2.45) is 0 Å². The topological polar surface area (TPSA) is 101 Å². The Hall–Kier alpha value is -0.870. The maximum atomic E-state index is 12.4. The highest BCUT2D eigenvalue weighted by Crippen LogP contribution is 2.35. The molecule has 0 amide bonds. The van der Waals surface area contributed by atoms with Crippen LogP contribution < -0.4 is 10.5 Å². The summed E-state index contributed by atoms with van der Waals surface area (Å²) in [5.41, 5.74) is 0.297. The number of rotatable bonds is 5. The van der Waals surface area contributed by atoms with Crippen molar-refractivity contribution in [3.8, 4) is 0 Å². The SMILES string of the molecule is COCC(C)NS(=O)(=O)c1c(Br)cc2[nH]c(=O)oc2c1Cl. The normalized spacial score (nSPS) is 13.7. The highest BCUT2D eigenvalue weighted by molar-refractivity contribution is 9.10. The van der Waals surface area contributed by atoms with E-state index in [1.165, 1.54) is 13.2 Å². The van der Waals surface area contributed by atoms with E-state index >= 15 is 0 Å². The number of nitrogens with one attached hydrogen (secondary N) is 2. The summed E-state index contributed by atoms with van der Waals surface area (Å²) in [5, 5.41) is -0.171. The lowest BCUT2D eigenvalue weighted by Crippen LogP contribution is -2.35. The maximum Gasteiger partial charge on any atom is 0.417 e. The molecule has 7 nitrogen and oxygen atoms in total. The predicted octanol–water partition coefficient (Wildman–Crippen LogP) is 1.85. The minimum atomic E-state index is -3.91. The molecule has 0 spiro atoms. The lowest BCUT2D eigenvalue weighted by atomic mass is 10.3. The fourth-order valence-corrected chi connectivity index (χ4v) is 4.95. The molecule has 1 heterocycles. The van der Waals surface area contributed by atoms with E-state index in [0.717, 1.165) is 0 Å². The third-order valence-corrected chi connectivity index (χ3v) is 5.64. The zero-order valence-corrected chi connectivity index (χ0v) is 14.2. The smallest absolute Gasteiger partial charge is 0.406 e. The van der Waals surface area contributed by atoms with Crippen molar-refractivity contribution in [3.05, 3.63) is 26.1 Å². The molecule has 0 bridgehead atoms. The molecule has 0 aliphatic heterocycles. The van der Waals surface area contributed by atoms with Crippen LogP contribution in [0.25, 0.3) is 11.1 Å². The van der Waals surface area contributed by atoms with Crippen molar-refractivity contribution in [3.63, 3.8) is 0 Å². The summed E-state index contributed by atoms with van der Waals surface area (Å²) >= 11 is 9.22. The van der Waals surface area contributed by atoms with Crippen LogP contribution in [0, 0.1) is 0 Å². The molecular weight excluding hydrogens is 388 g/mol. The molecule has 21 heavy (non-hydrogen) atoms. The predicted molar refractivity (Wildman–Crippen MR) is 81.2 cm³/mol. The van der Waals surface area contributed by atoms with Gasteiger partial charge in [-0.15, -0.1) is 0 Å². The molecular formula is C11H12BrClN2O5S. The Morgan fingerprint density at radius 1 is 1.57 bits per heavy atom. The zero-order valence-electron chi connectivity index (χ0n) is 11.1. The first-order valence-electron chi connectivity index (χ1n) is 5.78. The Morgan fingerprint density at radius 2 is 2.24 bits per heavy atom. The van der Waals surface area contributed by atoms with Gasteiger partial charge < -0.3 is 9.15 Å². The summed E-state index contributed by atoms with van der Waals surface area (Å²) < 4.78 is 37.2. The molecule has 1 atom stereocenters. The molecule has 0 aliphatic carbocycles. The van der Waals surface area contributed by atoms with E-state index < -0.39 is 21.8 Å². The number of H-pyrrole nitrogens is 1. The van der Waals surface area contributed by atoms with Gasteiger partial charge in [0, 0.05) is 17.6 Å². The lowest BCUT2D eigenvalue weighted by Gasteiger charge is -2.15. The molecule has 0 fully saturated rings. The van der Waals surface area contributed by atoms with Crippen LogP contribution in [-0.4, -0.2) is 33.2 Å². The van der Waals surface area contributed by atoms with Gasteiger partial charge in [-0.25, -0.2) is 17.9 Å². The minimum absolute atomic E-state index is 0.00960. The highest BCUT2D eigenvalue weighted by atomic mass is 79.9. The van der Waals surface area contributed by atoms with Crippen LogP contribution in [0.5, 0.6) is 0 Å². The molecule has 2 rings (SSSR count). The van der Waals surface area contributed by atoms with Crippen LogP contribution in [0.2, 0.25) is 5.02 Å². The third kappa shape index (κ3) is 3.32. The average Bonchev–Trinajstić information content (AvgIpc) is 2.68. The lowest BCUT2D eigenvalue weighted by molar-refractivity contribution is 0.180. The van der Waals surface area contributed by atoms with Gasteiger partial charge in [0.05, 0.1) is 12.1 Å². The Morgan fingerprint density at radius 3 is 2.86 bits per heavy atom. The van der Waals surface area contributed by atoms with E-state index in [9.17, 15) is 13.2 Å². The largest absolute Gasteiger partial charge is 0.417 e. The van der Waals surface area contributed by atoms with Crippen LogP contribution in [0.3, 0.4) is 0 Å². The first kappa shape index (κ1) is 16.5. The quantitative estimate of drug-likeness (QED) is 0.799. The van der Waals surface area contributed by atoms with E-state index in [1.54, 1.807) is 6.92 Å². The number of aromatic nitrogens is 1. The number of benzene rings is 1. The van der Waals surface area contributed by atoms with Crippen molar-refractivity contribution in [2.75, 3.05) is 13.7 Å². The summed E-state index contributed by atoms with van der Waals surface area (Å²) in [6.07, 6.45) is 0. The number of aromatic amines is 1. The Labute approximate surface area is 133 Å². The zero-order chi connectivity index (χ0) is 15.8. The Bertz CT molecular complexity index is 829. The minimum Gasteiger partial charge on any atom is -0.406 e. The van der Waals surface area contributed by atoms with Crippen LogP contribution in [0.1, 0.15) is 6.92 Å². The van der Waals surface area contributed by atoms with Gasteiger partial charge in [-0.1, -0.05) is 11.6 Å². The monoisotopic (exact) mass is 398 g/mol. The van der Waals surface area contributed by atoms with E-state index in [0.29, 0.717) is 5.52 Å². The molecule has 1 unspecified atom stereocenters. The van der Waals surface area contributed by atoms with Gasteiger partial charge in [-0.3, -0.25) is 4.98 Å². The van der Waals surface area contributed by atoms with Crippen molar-refractivity contribution >= 4 is 48.7 Å². The molecule has 0 saturated heterocycles. The number of oxazole rings is 1. The molecule has 1 aromatic heterocycles. The van der Waals surface area contributed by atoms with Gasteiger partial charge in [0.2, 0.25) is 10.0 Å². The van der Waals surface area contributed by atoms with E-state index in [-0.39, 0.29) is 26.6 Å². The highest BCUT2D eigenvalue weighted by Gasteiger charge is 2.26. The summed E-state index contributed by atoms with van der Waals surface area (Å²) in [4.78, 5) is 13.4. The molecule has 1 aromatic carbocycles. The molecule has 10 heteroatoms. The summed E-state index contributed by atoms with van der Waals surface area (Å²) in [6, 6.07) is 0.971. The number of fused-ring (bicyclic) bond motifs is 1. The Balaban J connectivity index is 2.57. The van der Waals surface area contributed by atoms with Gasteiger partial charge in [0.25, 0.3) is 0 Å². The van der Waals surface area contributed by atoms with Gasteiger partial charge in [-0.05, 0) is 28.9 Å². The first-order valence-corrected chi connectivity index (χ1v) is 8.43. The number of hydrogen-bond acceptors (Lipinski definition) is 5. The molecule has 116 valence electrons. The number of ether oxygens (including phenoxy) is 1. The van der Waals surface area contributed by atoms with Crippen LogP contribution in [0.4, 0.5) is 0 Å². The number of methoxy groups -OCH3 is 1. The van der Waals surface area contributed by atoms with Crippen LogP contribution in [-0.2, 0) is 14.8 Å². The van der Waals surface area contributed by atoms with Crippen LogP contribution >= 0.6 is 27.5 Å². The number of halogens is 2. The Kier molecular flexibility index (Phi) is 4.79. The average molecular weight is 400 g/mol. The molecule has 0 aliphatic rings. The fraction of sp³-hybridized carbons (Fsp3) is 0.364. The third-order valence-electron chi connectivity index (χ3n) is 2.60. The van der Waals surface area contributed by atoms with Gasteiger partial charge in [0.15, 0.2) is 5.58 Å². The second kappa shape index (κ2) is 6.09. The van der Waals surface area contributed by atoms with E-state index in [4.69, 9.17) is 20.8 Å². The van der Waals surface area contributed by atoms with Gasteiger partial charge in [-0.2, -0.15) is 0 Å². The van der Waals surface area contributed by atoms with E-state index in [1.807, 2.05) is 0 Å². The molecule has 2 aromatic rings. The number of hydrogen-bond donors (Lipinski definition) is 2. The van der Waals surface area contributed by atoms with E-state index in [2.05, 4.69) is 25.6 Å². The molecule has 2 N–H and O–H groups in total. The summed E-state index contributed by atoms with van der Waals surface area (Å²) in [5.74, 6) is -0.714. The number of sulfonamides is 1. The second-order valence-electron chi connectivity index (χ2n) is 4.37. The van der Waals surface area contributed by atoms with Crippen molar-refractivity contribution in [1.82, 2.24) is 9.71 Å². The van der Waals surface area contributed by atoms with Gasteiger partial charge in [0.1, 0.15) is 9.92 Å². The first-order chi connectivity index (χ1) is 9.76. The van der Waals surface area contributed by atoms with Gasteiger partial charge >= 0.3 is 5.76 Å². The van der Waals surface area contributed by atoms with Crippen LogP contribution in [0.15, 0.2) is 24.6 Å². The standard InChI is InChI=1S/C11H12BrClN2O5S/c1-5(4-19-2)15-21(17,18)10-6(12)3-7-9(8(10)13)20-11(16)14-7/h3,5,15H,4H2,1-2H3,(H,14,16). The van der Waals surface area contributed by atoms with Crippen molar-refractivity contribution < 1.29 is 17.6 Å².